The molecule has 0 aromatic heterocycles. The van der Waals surface area contributed by atoms with E-state index < -0.39 is 11.8 Å². The van der Waals surface area contributed by atoms with Crippen LogP contribution in [0.2, 0.25) is 10.0 Å². The Labute approximate surface area is 155 Å². The Morgan fingerprint density at radius 3 is 2.16 bits per heavy atom. The third kappa shape index (κ3) is 5.27. The molecule has 2 amide bonds. The lowest BCUT2D eigenvalue weighted by atomic mass is 10.2. The molecule has 0 saturated carbocycles. The average molecular weight is 383 g/mol. The van der Waals surface area contributed by atoms with Gasteiger partial charge in [0.05, 0.1) is 30.8 Å². The van der Waals surface area contributed by atoms with Crippen molar-refractivity contribution < 1.29 is 19.1 Å². The summed E-state index contributed by atoms with van der Waals surface area (Å²) in [6.07, 6.45) is 0. The number of hydrogen-bond donors (Lipinski definition) is 2. The third-order valence-corrected chi connectivity index (χ3v) is 3.97. The third-order valence-electron chi connectivity index (χ3n) is 3.23. The van der Waals surface area contributed by atoms with Gasteiger partial charge in [0.1, 0.15) is 11.5 Å². The number of amides is 2. The Kier molecular flexibility index (Phi) is 6.50. The average Bonchev–Trinajstić information content (AvgIpc) is 2.62. The predicted molar refractivity (Wildman–Crippen MR) is 97.0 cm³/mol. The van der Waals surface area contributed by atoms with Crippen molar-refractivity contribution in [2.45, 2.75) is 0 Å². The number of carbonyl (C=O) groups is 2. The molecule has 0 atom stereocenters. The van der Waals surface area contributed by atoms with Crippen molar-refractivity contribution in [3.05, 3.63) is 52.0 Å². The number of anilines is 1. The van der Waals surface area contributed by atoms with Crippen molar-refractivity contribution in [2.24, 2.45) is 0 Å². The van der Waals surface area contributed by atoms with Crippen LogP contribution in [0.4, 0.5) is 5.69 Å². The monoisotopic (exact) mass is 382 g/mol. The van der Waals surface area contributed by atoms with Gasteiger partial charge in [-0.05, 0) is 30.3 Å². The van der Waals surface area contributed by atoms with Gasteiger partial charge in [0.2, 0.25) is 5.91 Å². The summed E-state index contributed by atoms with van der Waals surface area (Å²) in [5.74, 6) is 0.123. The SMILES string of the molecule is COc1cc(OC)cc(C(=O)NCC(=O)Nc2ccc(Cl)c(Cl)c2)c1. The van der Waals surface area contributed by atoms with Crippen LogP contribution < -0.4 is 20.1 Å². The molecule has 8 heteroatoms. The van der Waals surface area contributed by atoms with E-state index >= 15 is 0 Å². The zero-order chi connectivity index (χ0) is 18.4. The lowest BCUT2D eigenvalue weighted by Crippen LogP contribution is -2.32. The fourth-order valence-electron chi connectivity index (χ4n) is 1.98. The maximum atomic E-state index is 12.2. The smallest absolute Gasteiger partial charge is 0.251 e. The first-order valence-electron chi connectivity index (χ1n) is 7.19. The molecule has 2 aromatic carbocycles. The lowest BCUT2D eigenvalue weighted by molar-refractivity contribution is -0.115. The van der Waals surface area contributed by atoms with Crippen LogP contribution in [0, 0.1) is 0 Å². The van der Waals surface area contributed by atoms with Crippen molar-refractivity contribution in [1.29, 1.82) is 0 Å². The lowest BCUT2D eigenvalue weighted by Gasteiger charge is -2.10. The summed E-state index contributed by atoms with van der Waals surface area (Å²) in [4.78, 5) is 24.1. The molecular formula is C17H16Cl2N2O4. The van der Waals surface area contributed by atoms with Gasteiger partial charge in [0.15, 0.2) is 0 Å². The van der Waals surface area contributed by atoms with Gasteiger partial charge >= 0.3 is 0 Å². The van der Waals surface area contributed by atoms with Crippen LogP contribution in [0.3, 0.4) is 0 Å². The summed E-state index contributed by atoms with van der Waals surface area (Å²) in [5.41, 5.74) is 0.801. The highest BCUT2D eigenvalue weighted by atomic mass is 35.5. The minimum atomic E-state index is -0.429. The number of rotatable bonds is 6. The van der Waals surface area contributed by atoms with Gasteiger partial charge in [-0.3, -0.25) is 9.59 Å². The summed E-state index contributed by atoms with van der Waals surface area (Å²) in [6, 6.07) is 9.45. The number of halogens is 2. The largest absolute Gasteiger partial charge is 0.497 e. The molecule has 0 radical (unpaired) electrons. The maximum absolute atomic E-state index is 12.2. The summed E-state index contributed by atoms with van der Waals surface area (Å²) in [6.45, 7) is -0.210. The van der Waals surface area contributed by atoms with E-state index in [1.807, 2.05) is 0 Å². The van der Waals surface area contributed by atoms with E-state index in [1.165, 1.54) is 20.3 Å². The molecule has 0 aliphatic heterocycles. The summed E-state index contributed by atoms with van der Waals surface area (Å²) < 4.78 is 10.2. The Morgan fingerprint density at radius 2 is 1.60 bits per heavy atom. The molecule has 2 N–H and O–H groups in total. The molecule has 2 rings (SSSR count). The summed E-state index contributed by atoms with van der Waals surface area (Å²) >= 11 is 11.7. The predicted octanol–water partition coefficient (Wildman–Crippen LogP) is 3.38. The van der Waals surface area contributed by atoms with Crippen molar-refractivity contribution in [1.82, 2.24) is 5.32 Å². The number of ether oxygens (including phenoxy) is 2. The van der Waals surface area contributed by atoms with Crippen LogP contribution in [0.15, 0.2) is 36.4 Å². The first kappa shape index (κ1) is 18.9. The molecule has 0 saturated heterocycles. The summed E-state index contributed by atoms with van der Waals surface area (Å²) in [5, 5.41) is 5.86. The van der Waals surface area contributed by atoms with Gasteiger partial charge in [-0.1, -0.05) is 23.2 Å². The first-order chi connectivity index (χ1) is 11.9. The molecule has 6 nitrogen and oxygen atoms in total. The van der Waals surface area contributed by atoms with Crippen LogP contribution in [0.5, 0.6) is 11.5 Å². The second-order valence-corrected chi connectivity index (χ2v) is 5.78. The van der Waals surface area contributed by atoms with Gasteiger partial charge in [-0.25, -0.2) is 0 Å². The van der Waals surface area contributed by atoms with E-state index in [4.69, 9.17) is 32.7 Å². The molecular weight excluding hydrogens is 367 g/mol. The van der Waals surface area contributed by atoms with Gasteiger partial charge in [0, 0.05) is 17.3 Å². The zero-order valence-electron chi connectivity index (χ0n) is 13.6. The van der Waals surface area contributed by atoms with Crippen molar-refractivity contribution in [2.75, 3.05) is 26.1 Å². The summed E-state index contributed by atoms with van der Waals surface area (Å²) in [7, 11) is 2.97. The quantitative estimate of drug-likeness (QED) is 0.802. The fourth-order valence-corrected chi connectivity index (χ4v) is 2.28. The highest BCUT2D eigenvalue weighted by molar-refractivity contribution is 6.42. The Balaban J connectivity index is 1.97. The molecule has 0 aliphatic rings. The number of hydrogen-bond acceptors (Lipinski definition) is 4. The highest BCUT2D eigenvalue weighted by Crippen LogP contribution is 2.25. The number of methoxy groups -OCH3 is 2. The van der Waals surface area contributed by atoms with Crippen molar-refractivity contribution >= 4 is 40.7 Å². The highest BCUT2D eigenvalue weighted by Gasteiger charge is 2.12. The fraction of sp³-hybridized carbons (Fsp3) is 0.176. The van der Waals surface area contributed by atoms with Gasteiger partial charge in [-0.2, -0.15) is 0 Å². The Morgan fingerprint density at radius 1 is 0.960 bits per heavy atom. The number of nitrogens with one attached hydrogen (secondary N) is 2. The molecule has 0 fully saturated rings. The van der Waals surface area contributed by atoms with Crippen molar-refractivity contribution in [3.63, 3.8) is 0 Å². The van der Waals surface area contributed by atoms with Crippen LogP contribution in [0.25, 0.3) is 0 Å². The van der Waals surface area contributed by atoms with Gasteiger partial charge in [0.25, 0.3) is 5.91 Å². The Bertz CT molecular complexity index is 774. The van der Waals surface area contributed by atoms with E-state index in [0.717, 1.165) is 0 Å². The van der Waals surface area contributed by atoms with Crippen LogP contribution in [-0.2, 0) is 4.79 Å². The van der Waals surface area contributed by atoms with Crippen LogP contribution in [-0.4, -0.2) is 32.6 Å². The second kappa shape index (κ2) is 8.60. The maximum Gasteiger partial charge on any atom is 0.251 e. The van der Waals surface area contributed by atoms with E-state index in [9.17, 15) is 9.59 Å². The normalized spacial score (nSPS) is 10.1. The van der Waals surface area contributed by atoms with Gasteiger partial charge < -0.3 is 20.1 Å². The minimum absolute atomic E-state index is 0.210. The van der Waals surface area contributed by atoms with Crippen molar-refractivity contribution in [3.8, 4) is 11.5 Å². The molecule has 0 aliphatic carbocycles. The van der Waals surface area contributed by atoms with Gasteiger partial charge in [-0.15, -0.1) is 0 Å². The zero-order valence-corrected chi connectivity index (χ0v) is 15.1. The molecule has 2 aromatic rings. The number of benzene rings is 2. The first-order valence-corrected chi connectivity index (χ1v) is 7.94. The van der Waals surface area contributed by atoms with E-state index in [-0.39, 0.29) is 6.54 Å². The topological polar surface area (TPSA) is 76.7 Å². The Hall–Kier alpha value is -2.44. The molecule has 132 valence electrons. The standard InChI is InChI=1S/C17H16Cl2N2O4/c1-24-12-5-10(6-13(8-12)25-2)17(23)20-9-16(22)21-11-3-4-14(18)15(19)7-11/h3-8H,9H2,1-2H3,(H,20,23)(H,21,22). The number of carbonyl (C=O) groups excluding carboxylic acids is 2. The second-order valence-electron chi connectivity index (χ2n) is 4.96. The molecule has 25 heavy (non-hydrogen) atoms. The molecule has 0 unspecified atom stereocenters. The molecule has 0 bridgehead atoms. The van der Waals surface area contributed by atoms with E-state index in [1.54, 1.807) is 30.3 Å². The minimum Gasteiger partial charge on any atom is -0.497 e. The van der Waals surface area contributed by atoms with E-state index in [0.29, 0.717) is 32.8 Å². The van der Waals surface area contributed by atoms with Crippen LogP contribution >= 0.6 is 23.2 Å². The van der Waals surface area contributed by atoms with Crippen LogP contribution in [0.1, 0.15) is 10.4 Å². The molecule has 0 spiro atoms. The van der Waals surface area contributed by atoms with E-state index in [2.05, 4.69) is 10.6 Å². The molecule has 0 heterocycles.